The lowest BCUT2D eigenvalue weighted by molar-refractivity contribution is 0.236. The van der Waals surface area contributed by atoms with Gasteiger partial charge >= 0.3 is 0 Å². The summed E-state index contributed by atoms with van der Waals surface area (Å²) in [6, 6.07) is 33.8. The van der Waals surface area contributed by atoms with Gasteiger partial charge in [-0.05, 0) is 43.5 Å². The van der Waals surface area contributed by atoms with Gasteiger partial charge in [-0.25, -0.2) is 9.67 Å². The van der Waals surface area contributed by atoms with Crippen LogP contribution in [0.2, 0.25) is 0 Å². The van der Waals surface area contributed by atoms with Crippen molar-refractivity contribution in [1.82, 2.24) is 24.5 Å². The molecule has 0 aliphatic rings. The van der Waals surface area contributed by atoms with Crippen LogP contribution >= 0.6 is 0 Å². The van der Waals surface area contributed by atoms with E-state index >= 15 is 0 Å². The number of pyridine rings is 1. The zero-order valence-corrected chi connectivity index (χ0v) is 22.4. The number of aromatic nitrogens is 5. The SMILES string of the molecule is CCn1cc(-c2nn(C(c3ccccc3)(c3ccccc3)c3ccccc3)c3ccnc(OC(C)C)c23)cn1. The molecule has 6 rings (SSSR count). The molecule has 6 heteroatoms. The Bertz CT molecular complexity index is 1590. The summed E-state index contributed by atoms with van der Waals surface area (Å²) in [5.74, 6) is 0.566. The third kappa shape index (κ3) is 4.18. The highest BCUT2D eigenvalue weighted by molar-refractivity contribution is 5.97. The Hall–Kier alpha value is -4.71. The Labute approximate surface area is 228 Å². The fraction of sp³-hybridized carbons (Fsp3) is 0.182. The maximum atomic E-state index is 6.27. The molecule has 0 unspecified atom stereocenters. The normalized spacial score (nSPS) is 11.8. The summed E-state index contributed by atoms with van der Waals surface area (Å²) in [6.45, 7) is 6.88. The second-order valence-electron chi connectivity index (χ2n) is 9.83. The molecule has 0 fully saturated rings. The summed E-state index contributed by atoms with van der Waals surface area (Å²) in [5.41, 5.74) is 5.18. The van der Waals surface area contributed by atoms with Crippen LogP contribution in [0.3, 0.4) is 0 Å². The summed E-state index contributed by atoms with van der Waals surface area (Å²) < 4.78 is 10.3. The van der Waals surface area contributed by atoms with E-state index in [0.717, 1.165) is 45.4 Å². The van der Waals surface area contributed by atoms with Gasteiger partial charge in [0.15, 0.2) is 0 Å². The van der Waals surface area contributed by atoms with Crippen molar-refractivity contribution < 1.29 is 4.74 Å². The largest absolute Gasteiger partial charge is 0.474 e. The lowest BCUT2D eigenvalue weighted by Crippen LogP contribution is -2.38. The van der Waals surface area contributed by atoms with Gasteiger partial charge in [-0.3, -0.25) is 4.68 Å². The Morgan fingerprint density at radius 1 is 0.795 bits per heavy atom. The molecule has 3 aromatic carbocycles. The molecule has 0 N–H and O–H groups in total. The third-order valence-electron chi connectivity index (χ3n) is 7.03. The van der Waals surface area contributed by atoms with Crippen molar-refractivity contribution in [2.45, 2.75) is 39.0 Å². The zero-order valence-electron chi connectivity index (χ0n) is 22.4. The molecule has 0 saturated heterocycles. The number of fused-ring (bicyclic) bond motifs is 1. The smallest absolute Gasteiger partial charge is 0.225 e. The fourth-order valence-corrected chi connectivity index (χ4v) is 5.37. The van der Waals surface area contributed by atoms with Crippen molar-refractivity contribution in [1.29, 1.82) is 0 Å². The number of rotatable bonds is 8. The van der Waals surface area contributed by atoms with Gasteiger partial charge in [0, 0.05) is 24.5 Å². The Balaban J connectivity index is 1.78. The average molecular weight is 514 g/mol. The van der Waals surface area contributed by atoms with Crippen molar-refractivity contribution >= 4 is 10.9 Å². The molecule has 0 radical (unpaired) electrons. The molecule has 0 aliphatic heterocycles. The number of ether oxygens (including phenoxy) is 1. The summed E-state index contributed by atoms with van der Waals surface area (Å²) in [7, 11) is 0. The van der Waals surface area contributed by atoms with E-state index in [4.69, 9.17) is 9.84 Å². The van der Waals surface area contributed by atoms with Gasteiger partial charge in [-0.1, -0.05) is 91.0 Å². The van der Waals surface area contributed by atoms with E-state index in [2.05, 4.69) is 113 Å². The van der Waals surface area contributed by atoms with Crippen LogP contribution in [0.25, 0.3) is 22.2 Å². The van der Waals surface area contributed by atoms with Crippen LogP contribution in [-0.4, -0.2) is 30.6 Å². The first-order valence-corrected chi connectivity index (χ1v) is 13.4. The van der Waals surface area contributed by atoms with E-state index in [-0.39, 0.29) is 6.10 Å². The van der Waals surface area contributed by atoms with E-state index in [1.807, 2.05) is 43.2 Å². The number of hydrogen-bond acceptors (Lipinski definition) is 4. The van der Waals surface area contributed by atoms with Gasteiger partial charge in [0.2, 0.25) is 5.88 Å². The topological polar surface area (TPSA) is 57.8 Å². The van der Waals surface area contributed by atoms with Gasteiger partial charge in [0.1, 0.15) is 11.2 Å². The van der Waals surface area contributed by atoms with Crippen LogP contribution in [0, 0.1) is 0 Å². The standard InChI is InChI=1S/C33H31N5O/c1-4-37-23-25(22-35-37)31-30-29(20-21-34-32(30)39-24(2)3)38(36-31)33(26-14-8-5-9-15-26,27-16-10-6-11-17-27)28-18-12-7-13-19-28/h5-24H,4H2,1-3H3. The highest BCUT2D eigenvalue weighted by Crippen LogP contribution is 2.45. The summed E-state index contributed by atoms with van der Waals surface area (Å²) in [6.07, 6.45) is 5.67. The Kier molecular flexibility index (Phi) is 6.45. The molecular weight excluding hydrogens is 482 g/mol. The van der Waals surface area contributed by atoms with Crippen LogP contribution in [0.5, 0.6) is 5.88 Å². The third-order valence-corrected chi connectivity index (χ3v) is 7.03. The first-order valence-electron chi connectivity index (χ1n) is 13.4. The van der Waals surface area contributed by atoms with E-state index < -0.39 is 5.54 Å². The minimum Gasteiger partial charge on any atom is -0.474 e. The van der Waals surface area contributed by atoms with Crippen LogP contribution in [0.4, 0.5) is 0 Å². The van der Waals surface area contributed by atoms with E-state index in [1.54, 1.807) is 0 Å². The lowest BCUT2D eigenvalue weighted by atomic mass is 9.77. The lowest BCUT2D eigenvalue weighted by Gasteiger charge is -2.37. The number of benzene rings is 3. The molecule has 0 atom stereocenters. The zero-order chi connectivity index (χ0) is 26.8. The quantitative estimate of drug-likeness (QED) is 0.207. The molecule has 0 saturated carbocycles. The molecule has 3 aromatic heterocycles. The minimum atomic E-state index is -0.766. The number of hydrogen-bond donors (Lipinski definition) is 0. The van der Waals surface area contributed by atoms with Crippen molar-refractivity contribution in [2.24, 2.45) is 0 Å². The monoisotopic (exact) mass is 513 g/mol. The first-order chi connectivity index (χ1) is 19.1. The predicted molar refractivity (Wildman–Crippen MR) is 155 cm³/mol. The highest BCUT2D eigenvalue weighted by Gasteiger charge is 2.41. The van der Waals surface area contributed by atoms with Gasteiger partial charge < -0.3 is 4.74 Å². The van der Waals surface area contributed by atoms with E-state index in [0.29, 0.717) is 5.88 Å². The van der Waals surface area contributed by atoms with Crippen molar-refractivity contribution in [3.8, 4) is 17.1 Å². The summed E-state index contributed by atoms with van der Waals surface area (Å²) >= 11 is 0. The van der Waals surface area contributed by atoms with E-state index in [1.165, 1.54) is 0 Å². The molecular formula is C33H31N5O. The maximum Gasteiger partial charge on any atom is 0.225 e. The average Bonchev–Trinajstić information content (AvgIpc) is 3.61. The number of aryl methyl sites for hydroxylation is 1. The summed E-state index contributed by atoms with van der Waals surface area (Å²) in [5, 5.41) is 10.9. The fourth-order valence-electron chi connectivity index (χ4n) is 5.37. The van der Waals surface area contributed by atoms with Gasteiger partial charge in [0.25, 0.3) is 0 Å². The molecule has 0 bridgehead atoms. The molecule has 0 spiro atoms. The van der Waals surface area contributed by atoms with E-state index in [9.17, 15) is 0 Å². The predicted octanol–water partition coefficient (Wildman–Crippen LogP) is 6.94. The molecule has 6 aromatic rings. The highest BCUT2D eigenvalue weighted by atomic mass is 16.5. The molecule has 6 nitrogen and oxygen atoms in total. The molecule has 194 valence electrons. The van der Waals surface area contributed by atoms with Crippen LogP contribution < -0.4 is 4.74 Å². The maximum absolute atomic E-state index is 6.27. The summed E-state index contributed by atoms with van der Waals surface area (Å²) in [4.78, 5) is 4.67. The van der Waals surface area contributed by atoms with Gasteiger partial charge in [-0.2, -0.15) is 10.2 Å². The second-order valence-corrected chi connectivity index (χ2v) is 9.83. The molecule has 0 aliphatic carbocycles. The molecule has 0 amide bonds. The van der Waals surface area contributed by atoms with Crippen molar-refractivity contribution in [3.63, 3.8) is 0 Å². The molecule has 3 heterocycles. The van der Waals surface area contributed by atoms with Gasteiger partial charge in [-0.15, -0.1) is 0 Å². The van der Waals surface area contributed by atoms with Crippen LogP contribution in [0.1, 0.15) is 37.5 Å². The Morgan fingerprint density at radius 3 is 1.85 bits per heavy atom. The van der Waals surface area contributed by atoms with Crippen molar-refractivity contribution in [3.05, 3.63) is 132 Å². The van der Waals surface area contributed by atoms with Gasteiger partial charge in [0.05, 0.1) is 23.2 Å². The number of nitrogens with zero attached hydrogens (tertiary/aromatic N) is 5. The minimum absolute atomic E-state index is 0.0419. The second kappa shape index (κ2) is 10.2. The van der Waals surface area contributed by atoms with Crippen molar-refractivity contribution in [2.75, 3.05) is 0 Å². The van der Waals surface area contributed by atoms with Crippen LogP contribution in [-0.2, 0) is 12.1 Å². The Morgan fingerprint density at radius 2 is 1.36 bits per heavy atom. The van der Waals surface area contributed by atoms with Crippen LogP contribution in [0.15, 0.2) is 116 Å². The molecule has 39 heavy (non-hydrogen) atoms. The first kappa shape index (κ1) is 24.6.